The summed E-state index contributed by atoms with van der Waals surface area (Å²) in [6.07, 6.45) is 0. The van der Waals surface area contributed by atoms with Crippen LogP contribution in [0, 0.1) is 0 Å². The van der Waals surface area contributed by atoms with E-state index in [1.54, 1.807) is 14.2 Å². The molecule has 1 aliphatic rings. The van der Waals surface area contributed by atoms with E-state index in [4.69, 9.17) is 9.47 Å². The molecular weight excluding hydrogens is 356 g/mol. The Kier molecular flexibility index (Phi) is 4.78. The van der Waals surface area contributed by atoms with Crippen molar-refractivity contribution in [1.82, 2.24) is 4.90 Å². The minimum atomic E-state index is 0.828. The Bertz CT molecular complexity index is 688. The minimum absolute atomic E-state index is 0.828. The third-order valence-corrected chi connectivity index (χ3v) is 4.67. The standard InChI is InChI=1S/C18H21BrN2O2/c1-20-12-21(10-13-4-6-14(19)7-5-13)11-16-17(20)8-15(22-2)9-18(16)23-3/h4-9H,10-12H2,1-3H3. The summed E-state index contributed by atoms with van der Waals surface area (Å²) >= 11 is 3.48. The van der Waals surface area contributed by atoms with Crippen LogP contribution in [0.25, 0.3) is 0 Å². The van der Waals surface area contributed by atoms with Crippen molar-refractivity contribution in [3.63, 3.8) is 0 Å². The molecule has 0 aromatic heterocycles. The lowest BCUT2D eigenvalue weighted by Gasteiger charge is -2.37. The van der Waals surface area contributed by atoms with Gasteiger partial charge >= 0.3 is 0 Å². The first kappa shape index (κ1) is 16.1. The van der Waals surface area contributed by atoms with Crippen molar-refractivity contribution in [3.05, 3.63) is 52.0 Å². The number of benzene rings is 2. The molecule has 0 fully saturated rings. The van der Waals surface area contributed by atoms with Crippen LogP contribution in [-0.4, -0.2) is 32.8 Å². The number of hydrogen-bond acceptors (Lipinski definition) is 4. The van der Waals surface area contributed by atoms with Gasteiger partial charge in [-0.2, -0.15) is 0 Å². The zero-order valence-corrected chi connectivity index (χ0v) is 15.3. The number of halogens is 1. The largest absolute Gasteiger partial charge is 0.497 e. The molecule has 2 aromatic carbocycles. The van der Waals surface area contributed by atoms with Gasteiger partial charge in [0.2, 0.25) is 0 Å². The van der Waals surface area contributed by atoms with Crippen molar-refractivity contribution in [2.45, 2.75) is 13.1 Å². The molecule has 3 rings (SSSR count). The molecule has 1 aliphatic heterocycles. The van der Waals surface area contributed by atoms with E-state index in [0.29, 0.717) is 0 Å². The Balaban J connectivity index is 1.86. The first-order valence-corrected chi connectivity index (χ1v) is 8.33. The van der Waals surface area contributed by atoms with Crippen LogP contribution in [0.1, 0.15) is 11.1 Å². The highest BCUT2D eigenvalue weighted by Crippen LogP contribution is 2.38. The van der Waals surface area contributed by atoms with E-state index < -0.39 is 0 Å². The predicted octanol–water partition coefficient (Wildman–Crippen LogP) is 3.88. The summed E-state index contributed by atoms with van der Waals surface area (Å²) < 4.78 is 12.1. The Morgan fingerprint density at radius 1 is 1.09 bits per heavy atom. The number of anilines is 1. The number of hydrogen-bond donors (Lipinski definition) is 0. The monoisotopic (exact) mass is 376 g/mol. The number of nitrogens with zero attached hydrogens (tertiary/aromatic N) is 2. The van der Waals surface area contributed by atoms with Crippen molar-refractivity contribution < 1.29 is 9.47 Å². The SMILES string of the molecule is COc1cc(OC)c2c(c1)N(C)CN(Cc1ccc(Br)cc1)C2. The topological polar surface area (TPSA) is 24.9 Å². The highest BCUT2D eigenvalue weighted by Gasteiger charge is 2.24. The predicted molar refractivity (Wildman–Crippen MR) is 96.2 cm³/mol. The van der Waals surface area contributed by atoms with Crippen LogP contribution in [0.5, 0.6) is 11.5 Å². The molecule has 0 saturated carbocycles. The molecule has 4 nitrogen and oxygen atoms in total. The Morgan fingerprint density at radius 2 is 1.83 bits per heavy atom. The van der Waals surface area contributed by atoms with Gasteiger partial charge in [0.1, 0.15) is 11.5 Å². The lowest BCUT2D eigenvalue weighted by atomic mass is 10.1. The maximum atomic E-state index is 5.58. The van der Waals surface area contributed by atoms with Crippen molar-refractivity contribution in [3.8, 4) is 11.5 Å². The number of fused-ring (bicyclic) bond motifs is 1. The Hall–Kier alpha value is -1.72. The lowest BCUT2D eigenvalue weighted by Crippen LogP contribution is -2.39. The summed E-state index contributed by atoms with van der Waals surface area (Å²) in [7, 11) is 5.50. The van der Waals surface area contributed by atoms with Gasteiger partial charge in [-0.15, -0.1) is 0 Å². The van der Waals surface area contributed by atoms with E-state index in [1.807, 2.05) is 6.07 Å². The summed E-state index contributed by atoms with van der Waals surface area (Å²) in [5.41, 5.74) is 3.69. The Morgan fingerprint density at radius 3 is 2.48 bits per heavy atom. The van der Waals surface area contributed by atoms with Gasteiger partial charge in [-0.3, -0.25) is 4.90 Å². The molecular formula is C18H21BrN2O2. The Labute approximate surface area is 145 Å². The molecule has 0 unspecified atom stereocenters. The summed E-state index contributed by atoms with van der Waals surface area (Å²) in [6, 6.07) is 12.5. The molecule has 0 bridgehead atoms. The quantitative estimate of drug-likeness (QED) is 0.808. The lowest BCUT2D eigenvalue weighted by molar-refractivity contribution is 0.243. The normalized spacial score (nSPS) is 14.5. The van der Waals surface area contributed by atoms with Crippen LogP contribution in [-0.2, 0) is 13.1 Å². The average Bonchev–Trinajstić information content (AvgIpc) is 2.56. The maximum Gasteiger partial charge on any atom is 0.129 e. The zero-order chi connectivity index (χ0) is 16.4. The van der Waals surface area contributed by atoms with Crippen LogP contribution < -0.4 is 14.4 Å². The van der Waals surface area contributed by atoms with E-state index in [-0.39, 0.29) is 0 Å². The average molecular weight is 377 g/mol. The highest BCUT2D eigenvalue weighted by atomic mass is 79.9. The molecule has 0 amide bonds. The van der Waals surface area contributed by atoms with E-state index in [9.17, 15) is 0 Å². The van der Waals surface area contributed by atoms with E-state index in [1.165, 1.54) is 16.8 Å². The second kappa shape index (κ2) is 6.81. The summed E-state index contributed by atoms with van der Waals surface area (Å²) in [4.78, 5) is 4.64. The molecule has 0 saturated heterocycles. The molecule has 23 heavy (non-hydrogen) atoms. The minimum Gasteiger partial charge on any atom is -0.497 e. The molecule has 1 heterocycles. The van der Waals surface area contributed by atoms with Crippen LogP contribution in [0.3, 0.4) is 0 Å². The fourth-order valence-corrected chi connectivity index (χ4v) is 3.27. The number of methoxy groups -OCH3 is 2. The van der Waals surface area contributed by atoms with Crippen LogP contribution in [0.4, 0.5) is 5.69 Å². The van der Waals surface area contributed by atoms with Gasteiger partial charge in [-0.1, -0.05) is 28.1 Å². The molecule has 5 heteroatoms. The van der Waals surface area contributed by atoms with Gasteiger partial charge in [0.05, 0.1) is 20.9 Å². The van der Waals surface area contributed by atoms with Gasteiger partial charge in [0.15, 0.2) is 0 Å². The van der Waals surface area contributed by atoms with Crippen molar-refractivity contribution in [2.24, 2.45) is 0 Å². The van der Waals surface area contributed by atoms with Crippen molar-refractivity contribution >= 4 is 21.6 Å². The third-order valence-electron chi connectivity index (χ3n) is 4.14. The van der Waals surface area contributed by atoms with Gasteiger partial charge in [-0.25, -0.2) is 0 Å². The van der Waals surface area contributed by atoms with Crippen molar-refractivity contribution in [1.29, 1.82) is 0 Å². The number of rotatable bonds is 4. The van der Waals surface area contributed by atoms with Crippen molar-refractivity contribution in [2.75, 3.05) is 32.8 Å². The van der Waals surface area contributed by atoms with Gasteiger partial charge in [-0.05, 0) is 17.7 Å². The van der Waals surface area contributed by atoms with E-state index in [2.05, 4.69) is 63.1 Å². The summed E-state index contributed by atoms with van der Waals surface area (Å²) in [6.45, 7) is 2.65. The van der Waals surface area contributed by atoms with E-state index >= 15 is 0 Å². The highest BCUT2D eigenvalue weighted by molar-refractivity contribution is 9.10. The molecule has 2 aromatic rings. The zero-order valence-electron chi connectivity index (χ0n) is 13.7. The van der Waals surface area contributed by atoms with Gasteiger partial charge < -0.3 is 14.4 Å². The molecule has 0 N–H and O–H groups in total. The molecule has 0 spiro atoms. The second-order valence-corrected chi connectivity index (χ2v) is 6.70. The van der Waals surface area contributed by atoms with Crippen LogP contribution >= 0.6 is 15.9 Å². The maximum absolute atomic E-state index is 5.58. The second-order valence-electron chi connectivity index (χ2n) is 5.78. The van der Waals surface area contributed by atoms with Crippen LogP contribution in [0.15, 0.2) is 40.9 Å². The number of ether oxygens (including phenoxy) is 2. The molecule has 122 valence electrons. The fraction of sp³-hybridized carbons (Fsp3) is 0.333. The third kappa shape index (κ3) is 3.46. The summed E-state index contributed by atoms with van der Waals surface area (Å²) in [5.74, 6) is 1.71. The first-order chi connectivity index (χ1) is 11.1. The van der Waals surface area contributed by atoms with Gasteiger partial charge in [0, 0.05) is 48.0 Å². The smallest absolute Gasteiger partial charge is 0.129 e. The summed E-state index contributed by atoms with van der Waals surface area (Å²) in [5, 5.41) is 0. The van der Waals surface area contributed by atoms with Crippen LogP contribution in [0.2, 0.25) is 0 Å². The fourth-order valence-electron chi connectivity index (χ4n) is 3.01. The van der Waals surface area contributed by atoms with E-state index in [0.717, 1.165) is 35.7 Å². The van der Waals surface area contributed by atoms with Gasteiger partial charge in [0.25, 0.3) is 0 Å². The molecule has 0 atom stereocenters. The molecule has 0 radical (unpaired) electrons. The first-order valence-electron chi connectivity index (χ1n) is 7.53. The molecule has 0 aliphatic carbocycles.